The first-order chi connectivity index (χ1) is 26.0. The molecule has 53 heavy (non-hydrogen) atoms. The van der Waals surface area contributed by atoms with Crippen molar-refractivity contribution in [3.63, 3.8) is 0 Å². The molecule has 0 N–H and O–H groups in total. The predicted octanol–water partition coefficient (Wildman–Crippen LogP) is 13.2. The molecular weight excluding hydrogens is 641 g/mol. The molecule has 0 spiro atoms. The van der Waals surface area contributed by atoms with Crippen molar-refractivity contribution in [2.45, 2.75) is 31.7 Å². The molecule has 2 aliphatic rings. The lowest BCUT2D eigenvalue weighted by Gasteiger charge is -2.35. The van der Waals surface area contributed by atoms with Crippen LogP contribution in [-0.4, -0.2) is 10.6 Å². The Labute approximate surface area is 309 Å². The van der Waals surface area contributed by atoms with Crippen LogP contribution < -0.4 is 4.90 Å². The van der Waals surface area contributed by atoms with Crippen LogP contribution in [0.3, 0.4) is 0 Å². The Balaban J connectivity index is 1.10. The van der Waals surface area contributed by atoms with E-state index < -0.39 is 0 Å². The smallest absolute Gasteiger partial charge is 0.0582 e. The summed E-state index contributed by atoms with van der Waals surface area (Å²) in [6.07, 6.45) is 5.64. The van der Waals surface area contributed by atoms with Crippen LogP contribution in [0.4, 0.5) is 11.4 Å². The molecule has 1 aliphatic carbocycles. The minimum Gasteiger partial charge on any atom is -0.334 e. The Morgan fingerprint density at radius 2 is 1.34 bits per heavy atom. The molecule has 2 nitrogen and oxygen atoms in total. The largest absolute Gasteiger partial charge is 0.334 e. The highest BCUT2D eigenvalue weighted by Gasteiger charge is 2.35. The Morgan fingerprint density at radius 1 is 0.585 bits per heavy atom. The van der Waals surface area contributed by atoms with Gasteiger partial charge in [0.2, 0.25) is 0 Å². The van der Waals surface area contributed by atoms with Crippen LogP contribution in [0.1, 0.15) is 36.1 Å². The van der Waals surface area contributed by atoms with E-state index in [4.69, 9.17) is 0 Å². The maximum absolute atomic E-state index is 2.57. The van der Waals surface area contributed by atoms with Crippen molar-refractivity contribution in [2.75, 3.05) is 4.90 Å². The Kier molecular flexibility index (Phi) is 6.46. The van der Waals surface area contributed by atoms with Gasteiger partial charge < -0.3 is 9.47 Å². The lowest BCUT2D eigenvalue weighted by Crippen LogP contribution is -2.33. The summed E-state index contributed by atoms with van der Waals surface area (Å²) >= 11 is 0. The lowest BCUT2D eigenvalue weighted by molar-refractivity contribution is 0.630. The molecule has 0 saturated carbocycles. The predicted molar refractivity (Wildman–Crippen MR) is 225 cm³/mol. The number of fused-ring (bicyclic) bond motifs is 8. The van der Waals surface area contributed by atoms with Crippen LogP contribution in [0.25, 0.3) is 66.2 Å². The zero-order valence-corrected chi connectivity index (χ0v) is 29.9. The molecule has 8 aromatic carbocycles. The highest BCUT2D eigenvalue weighted by atomic mass is 15.2. The zero-order chi connectivity index (χ0) is 35.3. The van der Waals surface area contributed by atoms with Crippen LogP contribution in [-0.2, 0) is 11.8 Å². The molecule has 1 aliphatic heterocycles. The van der Waals surface area contributed by atoms with Crippen LogP contribution in [0.15, 0.2) is 170 Å². The van der Waals surface area contributed by atoms with Gasteiger partial charge in [-0.15, -0.1) is 0 Å². The number of aromatic nitrogens is 1. The summed E-state index contributed by atoms with van der Waals surface area (Å²) in [7, 11) is 0. The summed E-state index contributed by atoms with van der Waals surface area (Å²) in [5.74, 6) is 0. The average Bonchev–Trinajstić information content (AvgIpc) is 3.54. The van der Waals surface area contributed by atoms with Crippen molar-refractivity contribution in [3.8, 4) is 16.8 Å². The van der Waals surface area contributed by atoms with Gasteiger partial charge in [0.1, 0.15) is 0 Å². The Morgan fingerprint density at radius 3 is 2.28 bits per heavy atom. The van der Waals surface area contributed by atoms with Gasteiger partial charge in [-0.05, 0) is 92.4 Å². The molecule has 0 fully saturated rings. The SMILES string of the molecule is CC1(C)c2ccccc2-n2c3ccc(-c4cccc5c(N(c6ccc7ccccc7c6)C6C=Cc7ccccc7C6)cccc45)cc3c3cccc1c32. The molecule has 2 heterocycles. The van der Waals surface area contributed by atoms with Gasteiger partial charge in [0.25, 0.3) is 0 Å². The van der Waals surface area contributed by atoms with E-state index in [9.17, 15) is 0 Å². The molecule has 252 valence electrons. The standard InChI is InChI=1S/C51H38N2/c1-51(2)45-20-7-8-22-49(45)53-48-29-26-37(32-44(48)43-19-10-21-46(51)50(43)53)40-16-9-18-42-41(40)17-11-23-47(42)52(38-27-24-33-12-3-5-14-35(33)30-38)39-28-25-34-13-4-6-15-36(34)31-39/h3-30,32,39H,31H2,1-2H3. The van der Waals surface area contributed by atoms with E-state index in [1.807, 2.05) is 0 Å². The first-order valence-electron chi connectivity index (χ1n) is 18.8. The topological polar surface area (TPSA) is 8.17 Å². The molecule has 1 unspecified atom stereocenters. The van der Waals surface area contributed by atoms with Crippen LogP contribution in [0, 0.1) is 0 Å². The van der Waals surface area contributed by atoms with Gasteiger partial charge in [0.05, 0.1) is 22.8 Å². The van der Waals surface area contributed by atoms with Gasteiger partial charge in [-0.3, -0.25) is 0 Å². The number of para-hydroxylation sites is 2. The van der Waals surface area contributed by atoms with E-state index in [0.717, 1.165) is 6.42 Å². The second-order valence-electron chi connectivity index (χ2n) is 15.3. The normalized spacial score (nSPS) is 15.5. The molecule has 11 rings (SSSR count). The number of hydrogen-bond donors (Lipinski definition) is 0. The third kappa shape index (κ3) is 4.45. The fourth-order valence-corrected chi connectivity index (χ4v) is 9.49. The van der Waals surface area contributed by atoms with Crippen LogP contribution in [0.2, 0.25) is 0 Å². The summed E-state index contributed by atoms with van der Waals surface area (Å²) in [5.41, 5.74) is 14.2. The fraction of sp³-hybridized carbons (Fsp3) is 0.0980. The van der Waals surface area contributed by atoms with Gasteiger partial charge in [0.15, 0.2) is 0 Å². The summed E-state index contributed by atoms with van der Waals surface area (Å²) in [6, 6.07) is 61.2. The number of hydrogen-bond acceptors (Lipinski definition) is 1. The van der Waals surface area contributed by atoms with Crippen LogP contribution >= 0.6 is 0 Å². The maximum Gasteiger partial charge on any atom is 0.0582 e. The fourth-order valence-electron chi connectivity index (χ4n) is 9.49. The van der Waals surface area contributed by atoms with Crippen molar-refractivity contribution < 1.29 is 0 Å². The van der Waals surface area contributed by atoms with Gasteiger partial charge in [-0.1, -0.05) is 153 Å². The van der Waals surface area contributed by atoms with Gasteiger partial charge in [0, 0.05) is 32.9 Å². The molecule has 9 aromatic rings. The van der Waals surface area contributed by atoms with E-state index in [-0.39, 0.29) is 11.5 Å². The molecular formula is C51H38N2. The Bertz CT molecular complexity index is 2980. The first-order valence-corrected chi connectivity index (χ1v) is 18.8. The first kappa shape index (κ1) is 30.3. The summed E-state index contributed by atoms with van der Waals surface area (Å²) in [6.45, 7) is 4.73. The molecule has 0 saturated heterocycles. The number of anilines is 2. The van der Waals surface area contributed by atoms with Crippen molar-refractivity contribution in [1.29, 1.82) is 0 Å². The quantitative estimate of drug-likeness (QED) is 0.180. The highest BCUT2D eigenvalue weighted by molar-refractivity contribution is 6.14. The minimum absolute atomic E-state index is 0.0815. The highest BCUT2D eigenvalue weighted by Crippen LogP contribution is 2.48. The van der Waals surface area contributed by atoms with E-state index in [0.29, 0.717) is 0 Å². The second kappa shape index (κ2) is 11.3. The van der Waals surface area contributed by atoms with Crippen molar-refractivity contribution in [2.24, 2.45) is 0 Å². The molecule has 0 radical (unpaired) electrons. The third-order valence-corrected chi connectivity index (χ3v) is 12.1. The van der Waals surface area contributed by atoms with E-state index >= 15 is 0 Å². The van der Waals surface area contributed by atoms with Gasteiger partial charge in [-0.25, -0.2) is 0 Å². The van der Waals surface area contributed by atoms with E-state index in [2.05, 4.69) is 199 Å². The van der Waals surface area contributed by atoms with Crippen LogP contribution in [0.5, 0.6) is 0 Å². The molecule has 1 atom stereocenters. The number of rotatable bonds is 4. The Hall–Kier alpha value is -6.38. The van der Waals surface area contributed by atoms with E-state index in [1.165, 1.54) is 93.8 Å². The molecule has 2 heteroatoms. The van der Waals surface area contributed by atoms with Gasteiger partial charge >= 0.3 is 0 Å². The van der Waals surface area contributed by atoms with Crippen molar-refractivity contribution in [3.05, 3.63) is 192 Å². The lowest BCUT2D eigenvalue weighted by atomic mass is 9.75. The number of nitrogens with zero attached hydrogens (tertiary/aromatic N) is 2. The number of benzene rings is 8. The van der Waals surface area contributed by atoms with Crippen molar-refractivity contribution in [1.82, 2.24) is 4.57 Å². The van der Waals surface area contributed by atoms with E-state index in [1.54, 1.807) is 0 Å². The second-order valence-corrected chi connectivity index (χ2v) is 15.3. The maximum atomic E-state index is 2.57. The molecule has 0 bridgehead atoms. The minimum atomic E-state index is -0.0815. The molecule has 0 amide bonds. The molecule has 1 aromatic heterocycles. The van der Waals surface area contributed by atoms with Gasteiger partial charge in [-0.2, -0.15) is 0 Å². The monoisotopic (exact) mass is 678 g/mol. The van der Waals surface area contributed by atoms with Crippen molar-refractivity contribution >= 4 is 60.8 Å². The summed E-state index contributed by atoms with van der Waals surface area (Å²) in [5, 5.41) is 7.63. The average molecular weight is 679 g/mol. The summed E-state index contributed by atoms with van der Waals surface area (Å²) < 4.78 is 2.50. The summed E-state index contributed by atoms with van der Waals surface area (Å²) in [4.78, 5) is 2.57. The zero-order valence-electron chi connectivity index (χ0n) is 29.9. The third-order valence-electron chi connectivity index (χ3n) is 12.1.